The lowest BCUT2D eigenvalue weighted by Gasteiger charge is -2.25. The number of amides is 2. The highest BCUT2D eigenvalue weighted by molar-refractivity contribution is 5.95. The van der Waals surface area contributed by atoms with Gasteiger partial charge in [-0.1, -0.05) is 18.2 Å². The van der Waals surface area contributed by atoms with Crippen molar-refractivity contribution in [2.45, 2.75) is 18.9 Å². The first-order valence-electron chi connectivity index (χ1n) is 8.12. The fraction of sp³-hybridized carbons (Fsp3) is 0.263. The van der Waals surface area contributed by atoms with Gasteiger partial charge in [0.1, 0.15) is 11.6 Å². The van der Waals surface area contributed by atoms with Gasteiger partial charge in [0.15, 0.2) is 6.61 Å². The molecule has 1 saturated heterocycles. The van der Waals surface area contributed by atoms with Crippen LogP contribution in [-0.2, 0) is 4.79 Å². The maximum Gasteiger partial charge on any atom is 0.255 e. The first-order valence-corrected chi connectivity index (χ1v) is 8.12. The Kier molecular flexibility index (Phi) is 4.97. The average molecular weight is 342 g/mol. The van der Waals surface area contributed by atoms with Gasteiger partial charge in [0.2, 0.25) is 0 Å². The molecule has 5 nitrogen and oxygen atoms in total. The van der Waals surface area contributed by atoms with Crippen LogP contribution in [0.1, 0.15) is 34.8 Å². The summed E-state index contributed by atoms with van der Waals surface area (Å²) in [5.74, 6) is -0.565. The van der Waals surface area contributed by atoms with Crippen LogP contribution in [0.3, 0.4) is 0 Å². The molecule has 1 fully saturated rings. The number of hydrogen-bond acceptors (Lipinski definition) is 3. The number of halogens is 1. The number of carbonyl (C=O) groups excluding carboxylic acids is 2. The Morgan fingerprint density at radius 1 is 1.20 bits per heavy atom. The average Bonchev–Trinajstić information content (AvgIpc) is 3.10. The monoisotopic (exact) mass is 342 g/mol. The quantitative estimate of drug-likeness (QED) is 0.908. The molecule has 2 N–H and O–H groups in total. The SMILES string of the molecule is NC(=O)COc1cccc(C(=O)N2CCCC2c2ccc(F)cc2)c1. The van der Waals surface area contributed by atoms with Gasteiger partial charge in [-0.05, 0) is 48.7 Å². The van der Waals surface area contributed by atoms with Crippen molar-refractivity contribution in [1.29, 1.82) is 0 Å². The van der Waals surface area contributed by atoms with E-state index in [2.05, 4.69) is 0 Å². The molecule has 1 atom stereocenters. The van der Waals surface area contributed by atoms with Crippen molar-refractivity contribution in [1.82, 2.24) is 4.90 Å². The van der Waals surface area contributed by atoms with E-state index in [0.29, 0.717) is 17.9 Å². The van der Waals surface area contributed by atoms with Crippen LogP contribution < -0.4 is 10.5 Å². The van der Waals surface area contributed by atoms with Gasteiger partial charge in [0.25, 0.3) is 11.8 Å². The van der Waals surface area contributed by atoms with Crippen molar-refractivity contribution in [3.05, 3.63) is 65.5 Å². The molecule has 1 heterocycles. The molecule has 1 unspecified atom stereocenters. The zero-order chi connectivity index (χ0) is 17.8. The summed E-state index contributed by atoms with van der Waals surface area (Å²) in [5.41, 5.74) is 6.47. The minimum Gasteiger partial charge on any atom is -0.484 e. The van der Waals surface area contributed by atoms with Crippen molar-refractivity contribution < 1.29 is 18.7 Å². The number of rotatable bonds is 5. The Labute approximate surface area is 145 Å². The third-order valence-electron chi connectivity index (χ3n) is 4.23. The first-order chi connectivity index (χ1) is 12.0. The van der Waals surface area contributed by atoms with Gasteiger partial charge >= 0.3 is 0 Å². The Bertz CT molecular complexity index is 776. The molecule has 2 aromatic carbocycles. The second kappa shape index (κ2) is 7.34. The van der Waals surface area contributed by atoms with Gasteiger partial charge in [0, 0.05) is 12.1 Å². The van der Waals surface area contributed by atoms with Crippen LogP contribution in [0.25, 0.3) is 0 Å². The molecule has 6 heteroatoms. The lowest BCUT2D eigenvalue weighted by molar-refractivity contribution is -0.119. The van der Waals surface area contributed by atoms with Crippen molar-refractivity contribution in [2.75, 3.05) is 13.2 Å². The fourth-order valence-electron chi connectivity index (χ4n) is 3.08. The summed E-state index contributed by atoms with van der Waals surface area (Å²) >= 11 is 0. The minimum absolute atomic E-state index is 0.0664. The van der Waals surface area contributed by atoms with E-state index in [1.807, 2.05) is 0 Å². The van der Waals surface area contributed by atoms with Crippen molar-refractivity contribution in [3.8, 4) is 5.75 Å². The second-order valence-electron chi connectivity index (χ2n) is 5.99. The maximum atomic E-state index is 13.1. The standard InChI is InChI=1S/C19H19FN2O3/c20-15-8-6-13(7-9-15)17-5-2-10-22(17)19(24)14-3-1-4-16(11-14)25-12-18(21)23/h1,3-4,6-9,11,17H,2,5,10,12H2,(H2,21,23). The molecule has 25 heavy (non-hydrogen) atoms. The number of primary amides is 1. The second-order valence-corrected chi connectivity index (χ2v) is 5.99. The summed E-state index contributed by atoms with van der Waals surface area (Å²) in [6.45, 7) is 0.410. The van der Waals surface area contributed by atoms with Crippen molar-refractivity contribution in [2.24, 2.45) is 5.73 Å². The minimum atomic E-state index is -0.576. The molecular formula is C19H19FN2O3. The van der Waals surface area contributed by atoms with Crippen LogP contribution >= 0.6 is 0 Å². The normalized spacial score (nSPS) is 16.7. The molecule has 1 aliphatic heterocycles. The van der Waals surface area contributed by atoms with Crippen LogP contribution in [0.4, 0.5) is 4.39 Å². The number of carbonyl (C=O) groups is 2. The largest absolute Gasteiger partial charge is 0.484 e. The van der Waals surface area contributed by atoms with Crippen LogP contribution in [-0.4, -0.2) is 29.9 Å². The lowest BCUT2D eigenvalue weighted by Crippen LogP contribution is -2.30. The van der Waals surface area contributed by atoms with Gasteiger partial charge in [-0.3, -0.25) is 9.59 Å². The Morgan fingerprint density at radius 3 is 2.68 bits per heavy atom. The molecule has 0 aliphatic carbocycles. The van der Waals surface area contributed by atoms with E-state index >= 15 is 0 Å². The predicted octanol–water partition coefficient (Wildman–Crippen LogP) is 2.67. The molecular weight excluding hydrogens is 323 g/mol. The Balaban J connectivity index is 1.78. The summed E-state index contributed by atoms with van der Waals surface area (Å²) in [5, 5.41) is 0. The number of nitrogens with zero attached hydrogens (tertiary/aromatic N) is 1. The molecule has 2 amide bonds. The van der Waals surface area contributed by atoms with Gasteiger partial charge in [-0.15, -0.1) is 0 Å². The van der Waals surface area contributed by atoms with Crippen LogP contribution in [0, 0.1) is 5.82 Å². The number of hydrogen-bond donors (Lipinski definition) is 1. The molecule has 0 spiro atoms. The zero-order valence-electron chi connectivity index (χ0n) is 13.7. The zero-order valence-corrected chi connectivity index (χ0v) is 13.7. The van der Waals surface area contributed by atoms with Crippen LogP contribution in [0.5, 0.6) is 5.75 Å². The number of likely N-dealkylation sites (tertiary alicyclic amines) is 1. The van der Waals surface area contributed by atoms with E-state index in [0.717, 1.165) is 18.4 Å². The molecule has 1 aliphatic rings. The van der Waals surface area contributed by atoms with Crippen molar-refractivity contribution in [3.63, 3.8) is 0 Å². The number of nitrogens with two attached hydrogens (primary N) is 1. The first kappa shape index (κ1) is 17.0. The Morgan fingerprint density at radius 2 is 1.96 bits per heavy atom. The van der Waals surface area contributed by atoms with Gasteiger partial charge in [-0.2, -0.15) is 0 Å². The smallest absolute Gasteiger partial charge is 0.255 e. The van der Waals surface area contributed by atoms with Crippen LogP contribution in [0.15, 0.2) is 48.5 Å². The highest BCUT2D eigenvalue weighted by Gasteiger charge is 2.30. The molecule has 0 radical (unpaired) electrons. The molecule has 3 rings (SSSR count). The van der Waals surface area contributed by atoms with E-state index in [-0.39, 0.29) is 24.4 Å². The molecule has 130 valence electrons. The van der Waals surface area contributed by atoms with Gasteiger partial charge < -0.3 is 15.4 Å². The summed E-state index contributed by atoms with van der Waals surface area (Å²) in [7, 11) is 0. The predicted molar refractivity (Wildman–Crippen MR) is 90.5 cm³/mol. The molecule has 2 aromatic rings. The molecule has 0 aromatic heterocycles. The fourth-order valence-corrected chi connectivity index (χ4v) is 3.08. The van der Waals surface area contributed by atoms with Gasteiger partial charge in [0.05, 0.1) is 6.04 Å². The topological polar surface area (TPSA) is 72.6 Å². The summed E-state index contributed by atoms with van der Waals surface area (Å²) in [6, 6.07) is 12.9. The summed E-state index contributed by atoms with van der Waals surface area (Å²) < 4.78 is 18.4. The van der Waals surface area contributed by atoms with E-state index in [4.69, 9.17) is 10.5 Å². The van der Waals surface area contributed by atoms with Crippen molar-refractivity contribution >= 4 is 11.8 Å². The number of benzene rings is 2. The summed E-state index contributed by atoms with van der Waals surface area (Å²) in [6.07, 6.45) is 1.74. The van der Waals surface area contributed by atoms with Crippen LogP contribution in [0.2, 0.25) is 0 Å². The van der Waals surface area contributed by atoms with E-state index in [1.165, 1.54) is 12.1 Å². The highest BCUT2D eigenvalue weighted by atomic mass is 19.1. The number of ether oxygens (including phenoxy) is 1. The lowest BCUT2D eigenvalue weighted by atomic mass is 10.0. The Hall–Kier alpha value is -2.89. The third kappa shape index (κ3) is 3.96. The highest BCUT2D eigenvalue weighted by Crippen LogP contribution is 2.33. The third-order valence-corrected chi connectivity index (χ3v) is 4.23. The van der Waals surface area contributed by atoms with E-state index in [1.54, 1.807) is 41.3 Å². The van der Waals surface area contributed by atoms with Gasteiger partial charge in [-0.25, -0.2) is 4.39 Å². The molecule has 0 bridgehead atoms. The van der Waals surface area contributed by atoms with E-state index in [9.17, 15) is 14.0 Å². The maximum absolute atomic E-state index is 13.1. The summed E-state index contributed by atoms with van der Waals surface area (Å²) in [4.78, 5) is 25.5. The molecule has 0 saturated carbocycles. The van der Waals surface area contributed by atoms with E-state index < -0.39 is 5.91 Å².